The molecule has 1 aromatic heterocycles. The van der Waals surface area contributed by atoms with Crippen LogP contribution in [0, 0.1) is 29.1 Å². The number of ether oxygens (including phenoxy) is 2. The van der Waals surface area contributed by atoms with Gasteiger partial charge in [-0.1, -0.05) is 99.4 Å². The molecule has 4 aromatic carbocycles. The van der Waals surface area contributed by atoms with Crippen molar-refractivity contribution in [2.24, 2.45) is 34.8 Å². The Morgan fingerprint density at radius 1 is 0.896 bits per heavy atom. The smallest absolute Gasteiger partial charge is 0.200 e. The Morgan fingerprint density at radius 3 is 2.51 bits per heavy atom. The predicted molar refractivity (Wildman–Crippen MR) is 257 cm³/mol. The van der Waals surface area contributed by atoms with Crippen molar-refractivity contribution in [2.75, 3.05) is 6.73 Å². The number of Topliss-reactive ketones (excluding diaryl/α,β-unsaturated/α-hetero) is 1. The highest BCUT2D eigenvalue weighted by Crippen LogP contribution is 2.73. The number of phenolic OH excluding ortho intramolecular Hbond substituents is 4. The Labute approximate surface area is 393 Å². The highest BCUT2D eigenvalue weighted by molar-refractivity contribution is 5.79. The predicted octanol–water partition coefficient (Wildman–Crippen LogP) is 10.8. The van der Waals surface area contributed by atoms with Crippen LogP contribution in [-0.2, 0) is 23.2 Å². The molecule has 67 heavy (non-hydrogen) atoms. The third-order valence-electron chi connectivity index (χ3n) is 16.7. The third-order valence-corrected chi connectivity index (χ3v) is 16.7. The summed E-state index contributed by atoms with van der Waals surface area (Å²) in [6.07, 6.45) is 15.7. The summed E-state index contributed by atoms with van der Waals surface area (Å²) in [7, 11) is 0. The van der Waals surface area contributed by atoms with Gasteiger partial charge in [0, 0.05) is 35.7 Å². The van der Waals surface area contributed by atoms with Crippen molar-refractivity contribution < 1.29 is 39.8 Å². The molecule has 1 heterocycles. The number of aryl methyl sites for hydroxylation is 1. The first kappa shape index (κ1) is 45.1. The Morgan fingerprint density at radius 2 is 1.72 bits per heavy atom. The number of aliphatic hydroxyl groups excluding tert-OH is 1. The van der Waals surface area contributed by atoms with Crippen LogP contribution in [0.4, 0.5) is 0 Å². The summed E-state index contributed by atoms with van der Waals surface area (Å²) in [4.78, 5) is 19.2. The van der Waals surface area contributed by atoms with Gasteiger partial charge in [0.25, 0.3) is 0 Å². The second-order valence-electron chi connectivity index (χ2n) is 21.0. The average molecular weight is 906 g/mol. The van der Waals surface area contributed by atoms with Gasteiger partial charge in [-0.15, -0.1) is 5.69 Å². The number of fused-ring (bicyclic) bond motifs is 9. The van der Waals surface area contributed by atoms with Crippen LogP contribution in [0.5, 0.6) is 34.5 Å². The molecule has 0 saturated heterocycles. The molecule has 10 nitrogen and oxygen atoms in total. The average Bonchev–Trinajstić information content (AvgIpc) is 3.90. The second-order valence-corrected chi connectivity index (χ2v) is 21.0. The maximum Gasteiger partial charge on any atom is 0.200 e. The van der Waals surface area contributed by atoms with Gasteiger partial charge in [-0.3, -0.25) is 10.5 Å². The van der Waals surface area contributed by atoms with Crippen molar-refractivity contribution in [3.8, 4) is 45.8 Å². The minimum atomic E-state index is -1.06. The summed E-state index contributed by atoms with van der Waals surface area (Å²) in [5, 5.41) is 56.8. The first-order valence-electron chi connectivity index (χ1n) is 24.6. The van der Waals surface area contributed by atoms with E-state index >= 15 is 0 Å². The van der Waals surface area contributed by atoms with Crippen LogP contribution in [-0.4, -0.2) is 44.2 Å². The monoisotopic (exact) mass is 905 g/mol. The number of nitrogens with two attached hydrogens (primary N) is 1. The number of hydrogen-bond acceptors (Lipinski definition) is 9. The van der Waals surface area contributed by atoms with Crippen molar-refractivity contribution in [1.82, 2.24) is 4.98 Å². The van der Waals surface area contributed by atoms with Gasteiger partial charge >= 0.3 is 0 Å². The fourth-order valence-corrected chi connectivity index (χ4v) is 14.1. The summed E-state index contributed by atoms with van der Waals surface area (Å²) >= 11 is 0. The lowest BCUT2D eigenvalue weighted by Gasteiger charge is -2.64. The first-order valence-corrected chi connectivity index (χ1v) is 24.6. The molecule has 0 amide bonds. The zero-order valence-electron chi connectivity index (χ0n) is 38.7. The summed E-state index contributed by atoms with van der Waals surface area (Å²) in [6, 6.07) is 24.8. The fraction of sp³-hybridized carbons (Fsp3) is 0.456. The van der Waals surface area contributed by atoms with Gasteiger partial charge in [0.2, 0.25) is 5.75 Å². The fourth-order valence-electron chi connectivity index (χ4n) is 14.1. The number of ketones is 1. The zero-order chi connectivity index (χ0) is 46.6. The maximum atomic E-state index is 14.1. The highest BCUT2D eigenvalue weighted by Gasteiger charge is 2.64. The zero-order valence-corrected chi connectivity index (χ0v) is 38.7. The van der Waals surface area contributed by atoms with Gasteiger partial charge in [-0.25, -0.2) is 0 Å². The normalized spacial score (nSPS) is 25.8. The van der Waals surface area contributed by atoms with E-state index < -0.39 is 17.4 Å². The molecule has 0 radical (unpaired) electrons. The molecule has 11 rings (SSSR count). The van der Waals surface area contributed by atoms with Crippen LogP contribution in [0.3, 0.4) is 0 Å². The number of carbonyl (C=O) groups excluding carboxylic acids is 1. The summed E-state index contributed by atoms with van der Waals surface area (Å²) in [5.74, 6) is -0.244. The maximum absolute atomic E-state index is 14.1. The first-order chi connectivity index (χ1) is 32.4. The van der Waals surface area contributed by atoms with E-state index in [0.29, 0.717) is 30.2 Å². The number of phenols is 4. The van der Waals surface area contributed by atoms with Crippen molar-refractivity contribution >= 4 is 5.78 Å². The van der Waals surface area contributed by atoms with Crippen molar-refractivity contribution in [1.29, 1.82) is 0 Å². The Hall–Kier alpha value is -5.71. The summed E-state index contributed by atoms with van der Waals surface area (Å²) < 4.78 is 11.9. The molecule has 352 valence electrons. The van der Waals surface area contributed by atoms with Crippen LogP contribution in [0.1, 0.15) is 136 Å². The number of hydrogen-bond donors (Lipinski definition) is 6. The van der Waals surface area contributed by atoms with E-state index in [1.165, 1.54) is 54.9 Å². The lowest BCUT2D eigenvalue weighted by molar-refractivity contribution is -0.121. The standard InChI is InChI=1S/C57H65N2O8/c1-33(2)12-15-37-29-56(21-5-6-22-56)31-57(44-11-4-3-10-40(44)53-42(52(37)57)20-23-59-53)45-26-36-16-18-41(47(63)27-39(61)17-13-34-14-19-46(62)49(25-34)67-32-58)51(45)43-28-48(64)54(65)55(50(36)43)66-30-35-8-7-9-38(60)24-35/h3-4,7-11,14,16,18-20,23-25,28,33,36-37,41,45,47,51-52,60,62-65H,5-6,12-13,15,17,21-22,26-27,29-32,58H2,1-2H3/q-1. The van der Waals surface area contributed by atoms with E-state index in [4.69, 9.17) is 20.2 Å². The number of aromatic nitrogens is 1. The van der Waals surface area contributed by atoms with Gasteiger partial charge < -0.3 is 40.0 Å². The molecule has 7 N–H and O–H groups in total. The lowest BCUT2D eigenvalue weighted by atomic mass is 9.40. The summed E-state index contributed by atoms with van der Waals surface area (Å²) in [5.41, 5.74) is 13.4. The van der Waals surface area contributed by atoms with Crippen LogP contribution in [0.25, 0.3) is 11.3 Å². The third kappa shape index (κ3) is 8.07. The Bertz CT molecular complexity index is 2660. The molecule has 2 saturated carbocycles. The number of carbonyl (C=O) groups is 1. The van der Waals surface area contributed by atoms with Crippen LogP contribution in [0.2, 0.25) is 0 Å². The Kier molecular flexibility index (Phi) is 12.2. The van der Waals surface area contributed by atoms with E-state index in [1.54, 1.807) is 36.4 Å². The lowest BCUT2D eigenvalue weighted by Crippen LogP contribution is -2.56. The Balaban J connectivity index is 1.11. The van der Waals surface area contributed by atoms with Gasteiger partial charge in [-0.05, 0) is 138 Å². The van der Waals surface area contributed by atoms with Gasteiger partial charge in [0.15, 0.2) is 23.0 Å². The highest BCUT2D eigenvalue weighted by atomic mass is 16.5. The number of rotatable bonds is 15. The minimum Gasteiger partial charge on any atom is -0.663 e. The number of benzene rings is 4. The number of nitrogens with zero attached hydrogens (tertiary/aromatic N) is 1. The number of allylic oxidation sites excluding steroid dienone is 1. The van der Waals surface area contributed by atoms with E-state index in [0.717, 1.165) is 41.6 Å². The molecule has 2 fully saturated rings. The number of aliphatic hydroxyl groups is 1. The SMILES string of the molecule is CC(C)CCC1CC2(CCCC2)CC2(C3CC4C=CC(C(O)CC(=O)CCc5ccc(O)c(OCN)c5)C3c3cc(O)c(O)c(OCc5cccc(O)c5)c34)c3ccccc3-c3[n-]ccc3C12. The molecule has 6 aliphatic rings. The molecule has 1 spiro atoms. The molecular weight excluding hydrogens is 841 g/mol. The van der Waals surface area contributed by atoms with E-state index in [2.05, 4.69) is 56.3 Å². The van der Waals surface area contributed by atoms with E-state index in [1.807, 2.05) is 12.3 Å². The molecule has 8 unspecified atom stereocenters. The quantitative estimate of drug-likeness (QED) is 0.0337. The van der Waals surface area contributed by atoms with Crippen LogP contribution < -0.4 is 20.2 Å². The number of aromatic hydroxyl groups is 4. The summed E-state index contributed by atoms with van der Waals surface area (Å²) in [6.45, 7) is 4.61. The van der Waals surface area contributed by atoms with Gasteiger partial charge in [-0.2, -0.15) is 6.20 Å². The molecule has 10 heteroatoms. The van der Waals surface area contributed by atoms with Gasteiger partial charge in [0.05, 0.1) is 6.10 Å². The van der Waals surface area contributed by atoms with Crippen molar-refractivity contribution in [2.45, 2.75) is 127 Å². The molecule has 5 aromatic rings. The molecule has 8 atom stereocenters. The second kappa shape index (κ2) is 18.1. The molecule has 6 aliphatic carbocycles. The van der Waals surface area contributed by atoms with Crippen LogP contribution in [0.15, 0.2) is 97.2 Å². The minimum absolute atomic E-state index is 0.0238. The van der Waals surface area contributed by atoms with E-state index in [9.17, 15) is 30.3 Å². The topological polar surface area (TPSA) is 177 Å². The van der Waals surface area contributed by atoms with Crippen molar-refractivity contribution in [3.05, 3.63) is 131 Å². The van der Waals surface area contributed by atoms with E-state index in [-0.39, 0.29) is 95.5 Å². The van der Waals surface area contributed by atoms with Crippen LogP contribution >= 0.6 is 0 Å². The molecule has 0 aliphatic heterocycles. The van der Waals surface area contributed by atoms with Crippen molar-refractivity contribution in [3.63, 3.8) is 0 Å². The molecule has 2 bridgehead atoms. The molecular formula is C57H65N2O8-. The largest absolute Gasteiger partial charge is 0.663 e. The van der Waals surface area contributed by atoms with Gasteiger partial charge in [0.1, 0.15) is 24.9 Å².